The lowest BCUT2D eigenvalue weighted by atomic mass is 10.3. The van der Waals surface area contributed by atoms with Crippen molar-refractivity contribution >= 4 is 50.7 Å². The third-order valence-electron chi connectivity index (χ3n) is 4.85. The summed E-state index contributed by atoms with van der Waals surface area (Å²) in [4.78, 5) is 11.8. The molecule has 210 valence electrons. The van der Waals surface area contributed by atoms with Gasteiger partial charge in [0.05, 0.1) is 51.7 Å². The highest BCUT2D eigenvalue weighted by molar-refractivity contribution is 8.15. The van der Waals surface area contributed by atoms with Gasteiger partial charge in [0.2, 0.25) is 0 Å². The van der Waals surface area contributed by atoms with Crippen molar-refractivity contribution in [3.8, 4) is 0 Å². The first-order valence-electron chi connectivity index (χ1n) is 12.0. The van der Waals surface area contributed by atoms with Crippen LogP contribution in [0.5, 0.6) is 0 Å². The summed E-state index contributed by atoms with van der Waals surface area (Å²) in [5.74, 6) is 1.65. The number of hydrogen-bond acceptors (Lipinski definition) is 9. The van der Waals surface area contributed by atoms with Crippen LogP contribution in [0.1, 0.15) is 38.5 Å². The Hall–Kier alpha value is 0.0700. The average Bonchev–Trinajstić information content (AvgIpc) is 2.75. The zero-order valence-corrected chi connectivity index (χ0v) is 24.4. The van der Waals surface area contributed by atoms with Crippen LogP contribution >= 0.6 is 23.5 Å². The van der Waals surface area contributed by atoms with E-state index in [4.69, 9.17) is 18.6 Å². The molecule has 1 unspecified atom stereocenters. The van der Waals surface area contributed by atoms with Crippen LogP contribution in [0, 0.1) is 0 Å². The van der Waals surface area contributed by atoms with Gasteiger partial charge in [-0.05, 0) is 38.1 Å². The molecule has 0 aromatic carbocycles. The lowest BCUT2D eigenvalue weighted by Gasteiger charge is -2.29. The van der Waals surface area contributed by atoms with E-state index in [-0.39, 0.29) is 11.7 Å². The van der Waals surface area contributed by atoms with E-state index in [1.165, 1.54) is 0 Å². The van der Waals surface area contributed by atoms with Crippen LogP contribution in [0.15, 0.2) is 0 Å². The molecule has 0 aliphatic rings. The molecule has 0 heterocycles. The minimum absolute atomic E-state index is 0.189. The fraction of sp³-hybridized carbons (Fsp3) is 0.952. The van der Waals surface area contributed by atoms with Crippen molar-refractivity contribution < 1.29 is 40.5 Å². The van der Waals surface area contributed by atoms with Crippen LogP contribution in [0.3, 0.4) is 0 Å². The summed E-state index contributed by atoms with van der Waals surface area (Å²) in [6.07, 6.45) is 4.12. The van der Waals surface area contributed by atoms with Gasteiger partial charge in [-0.15, -0.1) is 0 Å². The summed E-state index contributed by atoms with van der Waals surface area (Å²) in [5, 5.41) is 4.16. The molecule has 3 N–H and O–H groups in total. The Balaban J connectivity index is 3.39. The summed E-state index contributed by atoms with van der Waals surface area (Å²) >= 11 is 1.86. The Labute approximate surface area is 222 Å². The minimum Gasteiger partial charge on any atom is -0.465 e. The van der Waals surface area contributed by atoms with E-state index < -0.39 is 21.2 Å². The SMILES string of the molecule is C[N+](C)(CCCOC(=O)CCSCSCCCOCCCNCCCS(=O)O)CCCS(=O)(=O)O. The van der Waals surface area contributed by atoms with Crippen LogP contribution in [0.2, 0.25) is 0 Å². The number of esters is 1. The van der Waals surface area contributed by atoms with E-state index >= 15 is 0 Å². The van der Waals surface area contributed by atoms with Crippen LogP contribution in [0.25, 0.3) is 0 Å². The summed E-state index contributed by atoms with van der Waals surface area (Å²) < 4.78 is 61.0. The molecule has 14 heteroatoms. The molecule has 0 aliphatic carbocycles. The van der Waals surface area contributed by atoms with Crippen molar-refractivity contribution in [3.63, 3.8) is 0 Å². The average molecular weight is 582 g/mol. The molecule has 0 radical (unpaired) electrons. The number of thioether (sulfide) groups is 2. The van der Waals surface area contributed by atoms with Gasteiger partial charge in [-0.25, -0.2) is 4.21 Å². The maximum atomic E-state index is 11.8. The van der Waals surface area contributed by atoms with Crippen LogP contribution in [-0.4, -0.2) is 120 Å². The Bertz CT molecular complexity index is 666. The second-order valence-corrected chi connectivity index (χ2v) is 13.9. The predicted octanol–water partition coefficient (Wildman–Crippen LogP) is 2.09. The summed E-state index contributed by atoms with van der Waals surface area (Å²) in [7, 11) is 0.0602. The largest absolute Gasteiger partial charge is 0.465 e. The molecule has 0 aromatic rings. The number of rotatable bonds is 25. The first-order chi connectivity index (χ1) is 16.5. The van der Waals surface area contributed by atoms with Gasteiger partial charge in [0.1, 0.15) is 0 Å². The van der Waals surface area contributed by atoms with Gasteiger partial charge in [0.15, 0.2) is 11.1 Å². The zero-order chi connectivity index (χ0) is 26.4. The van der Waals surface area contributed by atoms with Gasteiger partial charge in [-0.2, -0.15) is 31.9 Å². The van der Waals surface area contributed by atoms with Crippen molar-refractivity contribution in [2.24, 2.45) is 0 Å². The molecule has 0 saturated heterocycles. The zero-order valence-electron chi connectivity index (χ0n) is 21.2. The first-order valence-corrected chi connectivity index (χ1v) is 17.2. The van der Waals surface area contributed by atoms with Crippen molar-refractivity contribution in [2.75, 3.05) is 88.2 Å². The van der Waals surface area contributed by atoms with Crippen molar-refractivity contribution in [2.45, 2.75) is 38.5 Å². The fourth-order valence-electron chi connectivity index (χ4n) is 2.98. The molecule has 0 saturated carbocycles. The third-order valence-corrected chi connectivity index (χ3v) is 8.69. The normalized spacial score (nSPS) is 13.1. The highest BCUT2D eigenvalue weighted by atomic mass is 32.2. The number of carbonyl (C=O) groups is 1. The lowest BCUT2D eigenvalue weighted by Crippen LogP contribution is -2.42. The molecule has 0 amide bonds. The highest BCUT2D eigenvalue weighted by Crippen LogP contribution is 2.14. The van der Waals surface area contributed by atoms with Gasteiger partial charge in [0, 0.05) is 36.9 Å². The number of quaternary nitrogens is 1. The molecular weight excluding hydrogens is 537 g/mol. The van der Waals surface area contributed by atoms with E-state index in [0.717, 1.165) is 55.7 Å². The number of ether oxygens (including phenoxy) is 2. The Kier molecular flexibility index (Phi) is 22.1. The molecule has 0 aliphatic heterocycles. The van der Waals surface area contributed by atoms with Crippen molar-refractivity contribution in [1.29, 1.82) is 0 Å². The molecule has 1 atom stereocenters. The monoisotopic (exact) mass is 581 g/mol. The highest BCUT2D eigenvalue weighted by Gasteiger charge is 2.16. The molecule has 10 nitrogen and oxygen atoms in total. The summed E-state index contributed by atoms with van der Waals surface area (Å²) in [6, 6.07) is 0. The number of carbonyl (C=O) groups excluding carboxylic acids is 1. The van der Waals surface area contributed by atoms with Gasteiger partial charge in [-0.1, -0.05) is 0 Å². The predicted molar refractivity (Wildman–Crippen MR) is 146 cm³/mol. The molecular formula is C21H45N2O8S4+. The fourth-order valence-corrected chi connectivity index (χ4v) is 5.91. The second-order valence-electron chi connectivity index (χ2n) is 8.73. The maximum Gasteiger partial charge on any atom is 0.306 e. The molecule has 0 aromatic heterocycles. The minimum atomic E-state index is -3.91. The van der Waals surface area contributed by atoms with Crippen molar-refractivity contribution in [3.05, 3.63) is 0 Å². The Morgan fingerprint density at radius 3 is 2.34 bits per heavy atom. The second kappa shape index (κ2) is 22.1. The van der Waals surface area contributed by atoms with E-state index in [2.05, 4.69) is 5.32 Å². The van der Waals surface area contributed by atoms with E-state index in [0.29, 0.717) is 55.7 Å². The van der Waals surface area contributed by atoms with Crippen LogP contribution in [0.4, 0.5) is 0 Å². The maximum absolute atomic E-state index is 11.8. The molecule has 35 heavy (non-hydrogen) atoms. The standard InChI is InChI=1S/C21H44N2O8S4/c1-23(2,12-6-19-35(27,28)29)11-5-15-31-21(24)8-17-33-20-32-16-7-14-30-13-3-9-22-10-4-18-34(25)26/h22H,3-20H2,1-2H3,(H-,25,26,27,28,29)/p+1. The van der Waals surface area contributed by atoms with Gasteiger partial charge in [0.25, 0.3) is 10.1 Å². The van der Waals surface area contributed by atoms with Gasteiger partial charge >= 0.3 is 5.97 Å². The number of hydrogen-bond donors (Lipinski definition) is 3. The first kappa shape index (κ1) is 35.1. The van der Waals surface area contributed by atoms with Crippen LogP contribution in [-0.2, 0) is 35.5 Å². The molecule has 0 bridgehead atoms. The Morgan fingerprint density at radius 1 is 0.971 bits per heavy atom. The lowest BCUT2D eigenvalue weighted by molar-refractivity contribution is -0.890. The van der Waals surface area contributed by atoms with Crippen LogP contribution < -0.4 is 5.32 Å². The van der Waals surface area contributed by atoms with E-state index in [1.807, 2.05) is 25.9 Å². The Morgan fingerprint density at radius 2 is 1.63 bits per heavy atom. The van der Waals surface area contributed by atoms with E-state index in [1.54, 1.807) is 11.8 Å². The number of nitrogens with zero attached hydrogens (tertiary/aromatic N) is 1. The van der Waals surface area contributed by atoms with Gasteiger partial charge in [-0.3, -0.25) is 9.35 Å². The number of nitrogens with one attached hydrogen (secondary N) is 1. The van der Waals surface area contributed by atoms with E-state index in [9.17, 15) is 17.4 Å². The summed E-state index contributed by atoms with van der Waals surface area (Å²) in [5.41, 5.74) is 0. The molecule has 0 rings (SSSR count). The smallest absolute Gasteiger partial charge is 0.306 e. The molecule has 0 spiro atoms. The quantitative estimate of drug-likeness (QED) is 0.0365. The summed E-state index contributed by atoms with van der Waals surface area (Å²) in [6.45, 7) is 4.81. The third kappa shape index (κ3) is 28.5. The topological polar surface area (TPSA) is 139 Å². The van der Waals surface area contributed by atoms with Gasteiger partial charge < -0.3 is 23.8 Å². The van der Waals surface area contributed by atoms with Crippen molar-refractivity contribution in [1.82, 2.24) is 5.32 Å². The molecule has 0 fully saturated rings.